The highest BCUT2D eigenvalue weighted by atomic mass is 32.2. The van der Waals surface area contributed by atoms with Gasteiger partial charge in [-0.2, -0.15) is 0 Å². The van der Waals surface area contributed by atoms with Crippen LogP contribution < -0.4 is 10.6 Å². The Labute approximate surface area is 338 Å². The summed E-state index contributed by atoms with van der Waals surface area (Å²) in [6, 6.07) is 37.6. The third kappa shape index (κ3) is 7.43. The molecule has 2 saturated heterocycles. The van der Waals surface area contributed by atoms with E-state index in [9.17, 15) is 27.6 Å². The SMILES string of the molecule is CC(C)(C(=O)NCCNC(=O)c1ccnc(/C=C2/C(=O)N3C2S(=O)(=O)C(C)(C)[C@@H]3C(=O)OC(c2ccccc2)c2ccccc2)c1)c1ccc(-c2ccccc2)cc1. The topological polar surface area (TPSA) is 152 Å². The lowest BCUT2D eigenvalue weighted by atomic mass is 9.83. The predicted octanol–water partition coefficient (Wildman–Crippen LogP) is 6.03. The molecule has 5 aromatic rings. The van der Waals surface area contributed by atoms with Gasteiger partial charge in [0, 0.05) is 24.8 Å². The van der Waals surface area contributed by atoms with Crippen LogP contribution in [-0.2, 0) is 34.4 Å². The molecule has 0 saturated carbocycles. The smallest absolute Gasteiger partial charge is 0.331 e. The molecular weight excluding hydrogens is 753 g/mol. The highest BCUT2D eigenvalue weighted by molar-refractivity contribution is 7.94. The Morgan fingerprint density at radius 2 is 1.36 bits per heavy atom. The van der Waals surface area contributed by atoms with Gasteiger partial charge in [-0.3, -0.25) is 19.4 Å². The zero-order valence-corrected chi connectivity index (χ0v) is 33.4. The molecule has 2 aliphatic heterocycles. The maximum Gasteiger partial charge on any atom is 0.331 e. The normalized spacial score (nSPS) is 18.6. The van der Waals surface area contributed by atoms with E-state index >= 15 is 0 Å². The lowest BCUT2D eigenvalue weighted by Crippen LogP contribution is -2.59. The number of β-lactam (4-membered cyclic amide) rings is 1. The minimum Gasteiger partial charge on any atom is -0.451 e. The van der Waals surface area contributed by atoms with Crippen LogP contribution in [0.1, 0.15) is 66.5 Å². The third-order valence-electron chi connectivity index (χ3n) is 11.0. The van der Waals surface area contributed by atoms with Crippen LogP contribution in [0, 0.1) is 0 Å². The van der Waals surface area contributed by atoms with Crippen LogP contribution in [0.3, 0.4) is 0 Å². The molecule has 1 unspecified atom stereocenters. The Bertz CT molecular complexity index is 2450. The van der Waals surface area contributed by atoms with Crippen molar-refractivity contribution in [1.82, 2.24) is 20.5 Å². The van der Waals surface area contributed by atoms with E-state index in [0.717, 1.165) is 21.6 Å². The van der Waals surface area contributed by atoms with Gasteiger partial charge in [0.25, 0.3) is 11.8 Å². The van der Waals surface area contributed by atoms with Crippen molar-refractivity contribution >= 4 is 39.6 Å². The highest BCUT2D eigenvalue weighted by Crippen LogP contribution is 2.49. The fraction of sp³-hybridized carbons (Fsp3) is 0.239. The first-order chi connectivity index (χ1) is 27.7. The van der Waals surface area contributed by atoms with Crippen molar-refractivity contribution < 1.29 is 32.3 Å². The van der Waals surface area contributed by atoms with E-state index in [0.29, 0.717) is 11.1 Å². The average molecular weight is 797 g/mol. The van der Waals surface area contributed by atoms with Gasteiger partial charge in [-0.1, -0.05) is 115 Å². The molecule has 0 spiro atoms. The first-order valence-electron chi connectivity index (χ1n) is 19.0. The van der Waals surface area contributed by atoms with Crippen molar-refractivity contribution in [1.29, 1.82) is 0 Å². The fourth-order valence-electron chi connectivity index (χ4n) is 7.43. The molecule has 0 bridgehead atoms. The molecule has 2 atom stereocenters. The minimum atomic E-state index is -4.12. The zero-order chi connectivity index (χ0) is 41.2. The molecule has 2 N–H and O–H groups in total. The van der Waals surface area contributed by atoms with Gasteiger partial charge < -0.3 is 20.3 Å². The summed E-state index contributed by atoms with van der Waals surface area (Å²) in [5.74, 6) is -2.12. The van der Waals surface area contributed by atoms with Gasteiger partial charge in [0.15, 0.2) is 27.4 Å². The number of nitrogens with zero attached hydrogens (tertiary/aromatic N) is 2. The van der Waals surface area contributed by atoms with E-state index in [4.69, 9.17) is 4.74 Å². The quantitative estimate of drug-likeness (QED) is 0.0673. The molecule has 2 aliphatic rings. The van der Waals surface area contributed by atoms with Crippen molar-refractivity contribution in [2.24, 2.45) is 0 Å². The summed E-state index contributed by atoms with van der Waals surface area (Å²) in [5.41, 5.74) is 3.90. The first kappa shape index (κ1) is 39.8. The van der Waals surface area contributed by atoms with E-state index < -0.39 is 55.3 Å². The summed E-state index contributed by atoms with van der Waals surface area (Å²) in [7, 11) is -4.12. The Morgan fingerprint density at radius 3 is 1.97 bits per heavy atom. The van der Waals surface area contributed by atoms with Crippen molar-refractivity contribution in [2.75, 3.05) is 13.1 Å². The Kier molecular flexibility index (Phi) is 10.9. The second kappa shape index (κ2) is 15.9. The number of hydrogen-bond donors (Lipinski definition) is 2. The van der Waals surface area contributed by atoms with Gasteiger partial charge in [0.05, 0.1) is 16.7 Å². The van der Waals surface area contributed by atoms with Crippen LogP contribution in [0.5, 0.6) is 0 Å². The maximum atomic E-state index is 14.0. The molecule has 2 fully saturated rings. The summed E-state index contributed by atoms with van der Waals surface area (Å²) in [6.45, 7) is 6.85. The second-order valence-electron chi connectivity index (χ2n) is 15.4. The molecule has 3 heterocycles. The van der Waals surface area contributed by atoms with Crippen molar-refractivity contribution in [3.8, 4) is 11.1 Å². The molecule has 296 valence electrons. The molecule has 0 radical (unpaired) electrons. The number of benzene rings is 4. The number of ether oxygens (including phenoxy) is 1. The third-order valence-corrected chi connectivity index (χ3v) is 13.7. The number of esters is 1. The predicted molar refractivity (Wildman–Crippen MR) is 221 cm³/mol. The number of hydrogen-bond acceptors (Lipinski definition) is 8. The number of sulfone groups is 1. The molecule has 1 aromatic heterocycles. The van der Waals surface area contributed by atoms with Gasteiger partial charge in [-0.25, -0.2) is 13.2 Å². The van der Waals surface area contributed by atoms with Crippen LogP contribution in [0.4, 0.5) is 0 Å². The van der Waals surface area contributed by atoms with Gasteiger partial charge in [0.1, 0.15) is 4.75 Å². The van der Waals surface area contributed by atoms with Crippen LogP contribution >= 0.6 is 0 Å². The summed E-state index contributed by atoms with van der Waals surface area (Å²) in [4.78, 5) is 59.3. The summed E-state index contributed by atoms with van der Waals surface area (Å²) in [5, 5.41) is 4.29. The largest absolute Gasteiger partial charge is 0.451 e. The van der Waals surface area contributed by atoms with Gasteiger partial charge in [-0.05, 0) is 73.7 Å². The molecule has 7 rings (SSSR count). The molecular formula is C46H44N4O7S. The summed E-state index contributed by atoms with van der Waals surface area (Å²) < 4.78 is 32.3. The van der Waals surface area contributed by atoms with Gasteiger partial charge >= 0.3 is 5.97 Å². The molecule has 4 aromatic carbocycles. The maximum absolute atomic E-state index is 14.0. The number of carbonyl (C=O) groups is 4. The molecule has 0 aliphatic carbocycles. The monoisotopic (exact) mass is 796 g/mol. The van der Waals surface area contributed by atoms with E-state index in [2.05, 4.69) is 15.6 Å². The van der Waals surface area contributed by atoms with Crippen LogP contribution in [-0.4, -0.2) is 71.2 Å². The van der Waals surface area contributed by atoms with Gasteiger partial charge in [-0.15, -0.1) is 0 Å². The van der Waals surface area contributed by atoms with Crippen LogP contribution in [0.2, 0.25) is 0 Å². The van der Waals surface area contributed by atoms with E-state index in [1.165, 1.54) is 38.3 Å². The molecule has 11 nitrogen and oxygen atoms in total. The van der Waals surface area contributed by atoms with Crippen molar-refractivity contribution in [3.63, 3.8) is 0 Å². The number of rotatable bonds is 12. The molecule has 3 amide bonds. The number of nitrogens with one attached hydrogen (secondary N) is 2. The number of fused-ring (bicyclic) bond motifs is 1. The second-order valence-corrected chi connectivity index (χ2v) is 18.0. The molecule has 12 heteroatoms. The van der Waals surface area contributed by atoms with E-state index in [-0.39, 0.29) is 35.8 Å². The average Bonchev–Trinajstić information content (AvgIpc) is 3.39. The number of aromatic nitrogens is 1. The van der Waals surface area contributed by atoms with Crippen molar-refractivity contribution in [2.45, 2.75) is 55.4 Å². The Balaban J connectivity index is 0.991. The zero-order valence-electron chi connectivity index (χ0n) is 32.6. The summed E-state index contributed by atoms with van der Waals surface area (Å²) >= 11 is 0. The van der Waals surface area contributed by atoms with Gasteiger partial charge in [0.2, 0.25) is 5.91 Å². The lowest BCUT2D eigenvalue weighted by Gasteiger charge is -2.38. The van der Waals surface area contributed by atoms with Crippen LogP contribution in [0.25, 0.3) is 17.2 Å². The van der Waals surface area contributed by atoms with Crippen LogP contribution in [0.15, 0.2) is 139 Å². The lowest BCUT2D eigenvalue weighted by molar-refractivity contribution is -0.160. The molecule has 58 heavy (non-hydrogen) atoms. The number of amides is 3. The van der Waals surface area contributed by atoms with E-state index in [1.807, 2.05) is 129 Å². The first-order valence-corrected chi connectivity index (χ1v) is 20.5. The Morgan fingerprint density at radius 1 is 0.810 bits per heavy atom. The minimum absolute atomic E-state index is 0.0591. The summed E-state index contributed by atoms with van der Waals surface area (Å²) in [6.07, 6.45) is 1.90. The van der Waals surface area contributed by atoms with Crippen molar-refractivity contribution in [3.05, 3.63) is 167 Å². The Hall–Kier alpha value is -6.40. The number of carbonyl (C=O) groups excluding carboxylic acids is 4. The van der Waals surface area contributed by atoms with E-state index in [1.54, 1.807) is 0 Å². The standard InChI is InChI=1S/C46H44N4O7S/c1-45(2,35-22-20-31(21-23-35)30-14-8-5-9-15-30)44(54)49-27-26-48-40(51)34-24-25-47-36(28-34)29-37-41(52)50-39(46(3,4)58(55,56)42(37)50)43(53)57-38(32-16-10-6-11-17-32)33-18-12-7-13-19-33/h5-25,28-29,38-39,42H,26-27H2,1-4H3,(H,48,51)(H,49,54)/b37-29-/t39-,42?/m0/s1. The fourth-order valence-corrected chi connectivity index (χ4v) is 9.55. The number of pyridine rings is 1. The highest BCUT2D eigenvalue weighted by Gasteiger charge is 2.70.